The number of ether oxygens (including phenoxy) is 1. The molecule has 6 heteroatoms. The van der Waals surface area contributed by atoms with E-state index in [4.69, 9.17) is 10.00 Å². The molecule has 1 saturated heterocycles. The first-order chi connectivity index (χ1) is 7.81. The minimum Gasteiger partial charge on any atom is -0.443 e. The lowest BCUT2D eigenvalue weighted by Gasteiger charge is -2.29. The second-order valence-corrected chi connectivity index (χ2v) is 4.97. The van der Waals surface area contributed by atoms with Gasteiger partial charge in [-0.05, 0) is 27.2 Å². The Morgan fingerprint density at radius 1 is 1.59 bits per heavy atom. The molecule has 0 radical (unpaired) electrons. The van der Waals surface area contributed by atoms with Crippen molar-refractivity contribution in [3.05, 3.63) is 0 Å². The van der Waals surface area contributed by atoms with Crippen molar-refractivity contribution in [1.82, 2.24) is 10.4 Å². The van der Waals surface area contributed by atoms with E-state index in [9.17, 15) is 9.59 Å². The first-order valence-corrected chi connectivity index (χ1v) is 5.49. The molecule has 0 spiro atoms. The minimum atomic E-state index is -0.583. The number of Topliss-reactive ketones (excluding diaryl/α,β-unsaturated/α-hetero) is 1. The van der Waals surface area contributed by atoms with Crippen LogP contribution in [0.4, 0.5) is 4.79 Å². The van der Waals surface area contributed by atoms with Crippen molar-refractivity contribution in [1.29, 1.82) is 5.26 Å². The number of amides is 1. The molecule has 1 amide bonds. The maximum atomic E-state index is 11.4. The number of carbonyl (C=O) groups is 2. The molecular formula is C11H17N3O3. The van der Waals surface area contributed by atoms with Gasteiger partial charge in [0.1, 0.15) is 11.5 Å². The second kappa shape index (κ2) is 5.15. The third kappa shape index (κ3) is 4.41. The van der Waals surface area contributed by atoms with Crippen LogP contribution in [0.15, 0.2) is 0 Å². The molecule has 1 atom stereocenters. The summed E-state index contributed by atoms with van der Waals surface area (Å²) >= 11 is 0. The molecule has 0 aromatic carbocycles. The molecular weight excluding hydrogens is 222 g/mol. The average molecular weight is 239 g/mol. The summed E-state index contributed by atoms with van der Waals surface area (Å²) in [4.78, 5) is 22.9. The molecule has 0 bridgehead atoms. The standard InChI is InChI=1S/C11H17N3O3/c1-11(2,3)17-10(16)13-14-5-4-8(6-12)9(15)7-14/h8H,4-5,7H2,1-3H3,(H,13,16). The van der Waals surface area contributed by atoms with Crippen molar-refractivity contribution < 1.29 is 14.3 Å². The van der Waals surface area contributed by atoms with E-state index in [1.54, 1.807) is 20.8 Å². The molecule has 94 valence electrons. The Bertz CT molecular complexity index is 354. The van der Waals surface area contributed by atoms with E-state index in [1.165, 1.54) is 5.01 Å². The lowest BCUT2D eigenvalue weighted by atomic mass is 9.98. The van der Waals surface area contributed by atoms with Gasteiger partial charge in [0, 0.05) is 6.54 Å². The van der Waals surface area contributed by atoms with Gasteiger partial charge in [-0.25, -0.2) is 9.80 Å². The normalized spacial score (nSPS) is 21.8. The van der Waals surface area contributed by atoms with Crippen LogP contribution >= 0.6 is 0 Å². The van der Waals surface area contributed by atoms with Crippen LogP contribution < -0.4 is 5.43 Å². The Balaban J connectivity index is 2.42. The molecule has 1 unspecified atom stereocenters. The number of carbonyl (C=O) groups excluding carboxylic acids is 2. The largest absolute Gasteiger partial charge is 0.443 e. The van der Waals surface area contributed by atoms with Crippen LogP contribution in [0.3, 0.4) is 0 Å². The van der Waals surface area contributed by atoms with Crippen LogP contribution in [0.5, 0.6) is 0 Å². The van der Waals surface area contributed by atoms with Crippen molar-refractivity contribution in [2.24, 2.45) is 5.92 Å². The smallest absolute Gasteiger partial charge is 0.422 e. The van der Waals surface area contributed by atoms with Crippen LogP contribution in [0, 0.1) is 17.2 Å². The molecule has 17 heavy (non-hydrogen) atoms. The molecule has 1 heterocycles. The summed E-state index contributed by atoms with van der Waals surface area (Å²) in [7, 11) is 0. The highest BCUT2D eigenvalue weighted by Gasteiger charge is 2.28. The van der Waals surface area contributed by atoms with Crippen LogP contribution in [0.2, 0.25) is 0 Å². The topological polar surface area (TPSA) is 82.4 Å². The van der Waals surface area contributed by atoms with Crippen molar-refractivity contribution >= 4 is 11.9 Å². The number of nitriles is 1. The van der Waals surface area contributed by atoms with Gasteiger partial charge in [0.05, 0.1) is 12.6 Å². The Hall–Kier alpha value is -1.61. The summed E-state index contributed by atoms with van der Waals surface area (Å²) < 4.78 is 5.06. The highest BCUT2D eigenvalue weighted by Crippen LogP contribution is 2.12. The van der Waals surface area contributed by atoms with Crippen LogP contribution in [-0.4, -0.2) is 35.6 Å². The van der Waals surface area contributed by atoms with Crippen LogP contribution in [-0.2, 0) is 9.53 Å². The molecule has 1 aliphatic heterocycles. The zero-order valence-corrected chi connectivity index (χ0v) is 10.3. The lowest BCUT2D eigenvalue weighted by molar-refractivity contribution is -0.125. The molecule has 0 aliphatic carbocycles. The number of ketones is 1. The summed E-state index contributed by atoms with van der Waals surface area (Å²) in [5.41, 5.74) is 1.92. The maximum Gasteiger partial charge on any atom is 0.422 e. The third-order valence-electron chi connectivity index (χ3n) is 2.23. The van der Waals surface area contributed by atoms with Gasteiger partial charge >= 0.3 is 6.09 Å². The van der Waals surface area contributed by atoms with Gasteiger partial charge in [-0.3, -0.25) is 10.2 Å². The monoisotopic (exact) mass is 239 g/mol. The summed E-state index contributed by atoms with van der Waals surface area (Å²) in [6.07, 6.45) is -0.147. The van der Waals surface area contributed by atoms with Gasteiger partial charge < -0.3 is 4.74 Å². The van der Waals surface area contributed by atoms with Gasteiger partial charge in [0.15, 0.2) is 5.78 Å². The van der Waals surface area contributed by atoms with E-state index in [1.807, 2.05) is 6.07 Å². The number of piperidine rings is 1. The van der Waals surface area contributed by atoms with E-state index in [0.29, 0.717) is 13.0 Å². The summed E-state index contributed by atoms with van der Waals surface area (Å²) in [5.74, 6) is -0.721. The third-order valence-corrected chi connectivity index (χ3v) is 2.23. The number of rotatable bonds is 1. The Morgan fingerprint density at radius 3 is 2.71 bits per heavy atom. The van der Waals surface area contributed by atoms with Crippen molar-refractivity contribution in [3.8, 4) is 6.07 Å². The fourth-order valence-corrected chi connectivity index (χ4v) is 1.49. The average Bonchev–Trinajstić information content (AvgIpc) is 2.14. The zero-order chi connectivity index (χ0) is 13.1. The fraction of sp³-hybridized carbons (Fsp3) is 0.727. The molecule has 1 rings (SSSR count). The van der Waals surface area contributed by atoms with E-state index >= 15 is 0 Å². The van der Waals surface area contributed by atoms with Crippen LogP contribution in [0.1, 0.15) is 27.2 Å². The highest BCUT2D eigenvalue weighted by atomic mass is 16.6. The SMILES string of the molecule is CC(C)(C)OC(=O)NN1CCC(C#N)C(=O)C1. The van der Waals surface area contributed by atoms with Gasteiger partial charge in [-0.1, -0.05) is 0 Å². The van der Waals surface area contributed by atoms with Gasteiger partial charge in [0.25, 0.3) is 0 Å². The van der Waals surface area contributed by atoms with Gasteiger partial charge in [-0.15, -0.1) is 0 Å². The lowest BCUT2D eigenvalue weighted by Crippen LogP contribution is -2.51. The Labute approximate surface area is 100 Å². The minimum absolute atomic E-state index is 0.0530. The van der Waals surface area contributed by atoms with Gasteiger partial charge in [0.2, 0.25) is 0 Å². The summed E-state index contributed by atoms with van der Waals surface area (Å²) in [6.45, 7) is 5.82. The quantitative estimate of drug-likeness (QED) is 0.733. The summed E-state index contributed by atoms with van der Waals surface area (Å²) in [5, 5.41) is 10.2. The molecule has 1 fully saturated rings. The van der Waals surface area contributed by atoms with Crippen molar-refractivity contribution in [3.63, 3.8) is 0 Å². The first-order valence-electron chi connectivity index (χ1n) is 5.49. The molecule has 0 aromatic heterocycles. The molecule has 0 aromatic rings. The number of hydrogen-bond acceptors (Lipinski definition) is 5. The fourth-order valence-electron chi connectivity index (χ4n) is 1.49. The number of hydrogen-bond donors (Lipinski definition) is 1. The molecule has 6 nitrogen and oxygen atoms in total. The molecule has 1 N–H and O–H groups in total. The van der Waals surface area contributed by atoms with E-state index < -0.39 is 17.6 Å². The summed E-state index contributed by atoms with van der Waals surface area (Å²) in [6, 6.07) is 1.95. The van der Waals surface area contributed by atoms with E-state index in [0.717, 1.165) is 0 Å². The Kier molecular flexibility index (Phi) is 4.07. The Morgan fingerprint density at radius 2 is 2.24 bits per heavy atom. The number of hydrazine groups is 1. The first kappa shape index (κ1) is 13.5. The number of nitrogens with one attached hydrogen (secondary N) is 1. The van der Waals surface area contributed by atoms with Crippen molar-refractivity contribution in [2.45, 2.75) is 32.8 Å². The maximum absolute atomic E-state index is 11.4. The predicted molar refractivity (Wildman–Crippen MR) is 59.7 cm³/mol. The van der Waals surface area contributed by atoms with Gasteiger partial charge in [-0.2, -0.15) is 5.26 Å². The van der Waals surface area contributed by atoms with E-state index in [-0.39, 0.29) is 12.3 Å². The second-order valence-electron chi connectivity index (χ2n) is 4.97. The van der Waals surface area contributed by atoms with E-state index in [2.05, 4.69) is 5.43 Å². The molecule has 0 saturated carbocycles. The predicted octanol–water partition coefficient (Wildman–Crippen LogP) is 0.841. The zero-order valence-electron chi connectivity index (χ0n) is 10.3. The van der Waals surface area contributed by atoms with Crippen LogP contribution in [0.25, 0.3) is 0 Å². The van der Waals surface area contributed by atoms with Crippen molar-refractivity contribution in [2.75, 3.05) is 13.1 Å². The molecule has 1 aliphatic rings. The highest BCUT2D eigenvalue weighted by molar-refractivity contribution is 5.86. The number of nitrogens with zero attached hydrogens (tertiary/aromatic N) is 2.